The molecule has 1 aromatic heterocycles. The van der Waals surface area contributed by atoms with E-state index in [2.05, 4.69) is 32.2 Å². The number of nitrogens with zero attached hydrogens (tertiary/aromatic N) is 3. The van der Waals surface area contributed by atoms with Crippen molar-refractivity contribution in [3.8, 4) is 0 Å². The molecule has 2 amide bonds. The predicted molar refractivity (Wildman–Crippen MR) is 141 cm³/mol. The van der Waals surface area contributed by atoms with Gasteiger partial charge in [0.05, 0.1) is 11.4 Å². The number of carbonyl (C=O) groups is 2. The van der Waals surface area contributed by atoms with Crippen molar-refractivity contribution in [2.75, 3.05) is 26.2 Å². The predicted octanol–water partition coefficient (Wildman–Crippen LogP) is 3.39. The molecule has 194 valence electrons. The molecule has 3 aromatic rings. The number of fused-ring (bicyclic) bond motifs is 1. The molecule has 0 spiro atoms. The Labute approximate surface area is 216 Å². The first kappa shape index (κ1) is 25.3. The number of hydrogen-bond donors (Lipinski definition) is 2. The number of carbonyl (C=O) groups excluding carboxylic acids is 2. The van der Waals surface area contributed by atoms with Crippen molar-refractivity contribution < 1.29 is 14.0 Å². The van der Waals surface area contributed by atoms with Crippen molar-refractivity contribution in [1.82, 2.24) is 20.1 Å². The summed E-state index contributed by atoms with van der Waals surface area (Å²) in [5, 5.41) is 4.02. The Balaban J connectivity index is 1.20. The van der Waals surface area contributed by atoms with Gasteiger partial charge in [0.15, 0.2) is 0 Å². The fraction of sp³-hybridized carbons (Fsp3) is 0.414. The monoisotopic (exact) mass is 503 g/mol. The highest BCUT2D eigenvalue weighted by molar-refractivity contribution is 5.88. The molecule has 0 bridgehead atoms. The zero-order chi connectivity index (χ0) is 25.8. The van der Waals surface area contributed by atoms with Crippen LogP contribution in [0.5, 0.6) is 0 Å². The largest absolute Gasteiger partial charge is 0.368 e. The first-order valence-corrected chi connectivity index (χ1v) is 13.1. The highest BCUT2D eigenvalue weighted by Crippen LogP contribution is 2.30. The van der Waals surface area contributed by atoms with Gasteiger partial charge in [0.1, 0.15) is 11.9 Å². The van der Waals surface area contributed by atoms with Crippen molar-refractivity contribution in [3.63, 3.8) is 0 Å². The lowest BCUT2D eigenvalue weighted by Crippen LogP contribution is -2.55. The molecule has 0 unspecified atom stereocenters. The quantitative estimate of drug-likeness (QED) is 0.516. The van der Waals surface area contributed by atoms with Gasteiger partial charge in [-0.1, -0.05) is 43.2 Å². The van der Waals surface area contributed by atoms with E-state index in [0.29, 0.717) is 5.56 Å². The molecule has 3 atom stereocenters. The third-order valence-electron chi connectivity index (χ3n) is 7.77. The van der Waals surface area contributed by atoms with Gasteiger partial charge in [-0.25, -0.2) is 4.39 Å². The van der Waals surface area contributed by atoms with Crippen molar-refractivity contribution in [3.05, 3.63) is 77.7 Å². The number of amides is 2. The van der Waals surface area contributed by atoms with Crippen LogP contribution in [0.25, 0.3) is 10.9 Å². The van der Waals surface area contributed by atoms with Crippen LogP contribution in [0, 0.1) is 11.7 Å². The maximum absolute atomic E-state index is 13.4. The number of pyridine rings is 1. The van der Waals surface area contributed by atoms with E-state index < -0.39 is 17.8 Å². The fourth-order valence-corrected chi connectivity index (χ4v) is 5.79. The summed E-state index contributed by atoms with van der Waals surface area (Å²) >= 11 is 0. The minimum atomic E-state index is -0.969. The third kappa shape index (κ3) is 5.97. The van der Waals surface area contributed by atoms with Crippen LogP contribution < -0.4 is 11.1 Å². The van der Waals surface area contributed by atoms with Gasteiger partial charge in [-0.2, -0.15) is 0 Å². The van der Waals surface area contributed by atoms with Crippen molar-refractivity contribution in [1.29, 1.82) is 0 Å². The van der Waals surface area contributed by atoms with E-state index >= 15 is 0 Å². The molecule has 8 heteroatoms. The van der Waals surface area contributed by atoms with E-state index in [4.69, 9.17) is 5.73 Å². The number of rotatable bonds is 7. The lowest BCUT2D eigenvalue weighted by Gasteiger charge is -2.44. The summed E-state index contributed by atoms with van der Waals surface area (Å²) < 4.78 is 13.4. The normalized spacial score (nSPS) is 22.0. The van der Waals surface area contributed by atoms with Crippen LogP contribution in [-0.4, -0.2) is 58.8 Å². The van der Waals surface area contributed by atoms with Crippen molar-refractivity contribution in [2.24, 2.45) is 11.7 Å². The Morgan fingerprint density at radius 2 is 1.76 bits per heavy atom. The Morgan fingerprint density at radius 1 is 1.03 bits per heavy atom. The standard InChI is InChI=1S/C29H34FN5O2/c30-23-11-9-21(10-12-23)27(28(31)36)33-29(37)24-6-2-4-8-26(24)35-15-13-34(14-16-35)19-20-17-22-5-1-3-7-25(22)32-18-20/h1,3,5,7,9-12,17-18,24,26-27H,2,4,6,8,13-16,19H2,(H2,31,36)(H,33,37)/t24-,26-,27+/m1/s1. The molecule has 2 heterocycles. The van der Waals surface area contributed by atoms with Crippen LogP contribution in [0.3, 0.4) is 0 Å². The molecular formula is C29H34FN5O2. The molecule has 7 nitrogen and oxygen atoms in total. The molecule has 0 radical (unpaired) electrons. The summed E-state index contributed by atoms with van der Waals surface area (Å²) in [4.78, 5) is 35.0. The van der Waals surface area contributed by atoms with Gasteiger partial charge < -0.3 is 11.1 Å². The van der Waals surface area contributed by atoms with Crippen LogP contribution in [0.1, 0.15) is 42.9 Å². The van der Waals surface area contributed by atoms with Crippen LogP contribution in [0.4, 0.5) is 4.39 Å². The molecule has 2 aromatic carbocycles. The fourth-order valence-electron chi connectivity index (χ4n) is 5.79. The van der Waals surface area contributed by atoms with Gasteiger partial charge in [-0.15, -0.1) is 0 Å². The average Bonchev–Trinajstić information content (AvgIpc) is 2.92. The highest BCUT2D eigenvalue weighted by Gasteiger charge is 2.37. The molecular weight excluding hydrogens is 469 g/mol. The minimum absolute atomic E-state index is 0.139. The van der Waals surface area contributed by atoms with Gasteiger partial charge in [0, 0.05) is 50.3 Å². The molecule has 2 fully saturated rings. The minimum Gasteiger partial charge on any atom is -0.368 e. The maximum Gasteiger partial charge on any atom is 0.244 e. The molecule has 37 heavy (non-hydrogen) atoms. The number of piperazine rings is 1. The van der Waals surface area contributed by atoms with Gasteiger partial charge in [-0.3, -0.25) is 24.4 Å². The van der Waals surface area contributed by atoms with Gasteiger partial charge in [0.25, 0.3) is 0 Å². The van der Waals surface area contributed by atoms with Crippen molar-refractivity contribution >= 4 is 22.7 Å². The summed E-state index contributed by atoms with van der Waals surface area (Å²) in [6.45, 7) is 4.51. The van der Waals surface area contributed by atoms with E-state index in [9.17, 15) is 14.0 Å². The number of aromatic nitrogens is 1. The SMILES string of the molecule is NC(=O)[C@@H](NC(=O)[C@@H]1CCCC[C@H]1N1CCN(Cc2cnc3ccccc3c2)CC1)c1ccc(F)cc1. The molecule has 1 aliphatic heterocycles. The summed E-state index contributed by atoms with van der Waals surface area (Å²) in [6, 6.07) is 15.1. The van der Waals surface area contributed by atoms with Gasteiger partial charge in [0.2, 0.25) is 11.8 Å². The van der Waals surface area contributed by atoms with Crippen LogP contribution in [0.2, 0.25) is 0 Å². The second-order valence-electron chi connectivity index (χ2n) is 10.2. The summed E-state index contributed by atoms with van der Waals surface area (Å²) in [7, 11) is 0. The van der Waals surface area contributed by atoms with Crippen LogP contribution in [0.15, 0.2) is 60.8 Å². The van der Waals surface area contributed by atoms with E-state index in [1.54, 1.807) is 0 Å². The molecule has 1 saturated heterocycles. The number of hydrogen-bond acceptors (Lipinski definition) is 5. The van der Waals surface area contributed by atoms with Crippen molar-refractivity contribution in [2.45, 2.75) is 44.3 Å². The maximum atomic E-state index is 13.4. The van der Waals surface area contributed by atoms with Gasteiger partial charge in [-0.05, 0) is 48.2 Å². The Kier molecular flexibility index (Phi) is 7.76. The average molecular weight is 504 g/mol. The molecule has 2 aliphatic rings. The zero-order valence-electron chi connectivity index (χ0n) is 21.0. The Morgan fingerprint density at radius 3 is 2.51 bits per heavy atom. The van der Waals surface area contributed by atoms with E-state index in [1.165, 1.54) is 29.8 Å². The first-order chi connectivity index (χ1) is 18.0. The smallest absolute Gasteiger partial charge is 0.244 e. The van der Waals surface area contributed by atoms with Crippen LogP contribution >= 0.6 is 0 Å². The lowest BCUT2D eigenvalue weighted by atomic mass is 9.82. The lowest BCUT2D eigenvalue weighted by molar-refractivity contribution is -0.133. The summed E-state index contributed by atoms with van der Waals surface area (Å²) in [5.41, 5.74) is 8.31. The number of nitrogens with one attached hydrogen (secondary N) is 1. The van der Waals surface area contributed by atoms with E-state index in [-0.39, 0.29) is 17.9 Å². The number of benzene rings is 2. The van der Waals surface area contributed by atoms with Gasteiger partial charge >= 0.3 is 0 Å². The summed E-state index contributed by atoms with van der Waals surface area (Å²) in [5.74, 6) is -1.40. The van der Waals surface area contributed by atoms with Crippen LogP contribution in [-0.2, 0) is 16.1 Å². The highest BCUT2D eigenvalue weighted by atomic mass is 19.1. The number of primary amides is 1. The number of para-hydroxylation sites is 1. The number of halogens is 1. The molecule has 1 aliphatic carbocycles. The second kappa shape index (κ2) is 11.4. The molecule has 5 rings (SSSR count). The third-order valence-corrected chi connectivity index (χ3v) is 7.77. The molecule has 1 saturated carbocycles. The number of nitrogens with two attached hydrogens (primary N) is 1. The van der Waals surface area contributed by atoms with E-state index in [0.717, 1.165) is 69.3 Å². The molecule has 3 N–H and O–H groups in total. The Bertz CT molecular complexity index is 1240. The zero-order valence-corrected chi connectivity index (χ0v) is 21.0. The topological polar surface area (TPSA) is 91.6 Å². The van der Waals surface area contributed by atoms with E-state index in [1.807, 2.05) is 24.4 Å². The second-order valence-corrected chi connectivity index (χ2v) is 10.2. The summed E-state index contributed by atoms with van der Waals surface area (Å²) in [6.07, 6.45) is 5.79. The Hall–Kier alpha value is -3.36. The first-order valence-electron chi connectivity index (χ1n) is 13.1.